The highest BCUT2D eigenvalue weighted by atomic mass is 19.1. The van der Waals surface area contributed by atoms with E-state index in [2.05, 4.69) is 13.8 Å². The molecule has 0 aliphatic rings. The Morgan fingerprint density at radius 2 is 1.80 bits per heavy atom. The average Bonchev–Trinajstić information content (AvgIpc) is 2.47. The molecule has 0 saturated carbocycles. The van der Waals surface area contributed by atoms with Crippen LogP contribution in [0.2, 0.25) is 0 Å². The normalized spacial score (nSPS) is 12.2. The maximum Gasteiger partial charge on any atom is 0.134 e. The van der Waals surface area contributed by atoms with E-state index in [1.807, 2.05) is 24.3 Å². The maximum atomic E-state index is 13.7. The van der Waals surface area contributed by atoms with Crippen LogP contribution in [0, 0.1) is 5.82 Å². The van der Waals surface area contributed by atoms with Gasteiger partial charge in [-0.1, -0.05) is 38.1 Å². The largest absolute Gasteiger partial charge is 0.457 e. The van der Waals surface area contributed by atoms with Crippen molar-refractivity contribution in [2.75, 3.05) is 0 Å². The van der Waals surface area contributed by atoms with Gasteiger partial charge in [-0.2, -0.15) is 0 Å². The van der Waals surface area contributed by atoms with Gasteiger partial charge >= 0.3 is 0 Å². The van der Waals surface area contributed by atoms with E-state index in [0.29, 0.717) is 17.2 Å². The summed E-state index contributed by atoms with van der Waals surface area (Å²) in [4.78, 5) is 0. The lowest BCUT2D eigenvalue weighted by atomic mass is 9.98. The van der Waals surface area contributed by atoms with Gasteiger partial charge in [0.25, 0.3) is 0 Å². The van der Waals surface area contributed by atoms with E-state index < -0.39 is 0 Å². The van der Waals surface area contributed by atoms with Gasteiger partial charge in [-0.25, -0.2) is 4.39 Å². The fraction of sp³-hybridized carbons (Fsp3) is 0.294. The number of halogens is 1. The third kappa shape index (κ3) is 2.99. The van der Waals surface area contributed by atoms with Crippen molar-refractivity contribution in [1.29, 1.82) is 0 Å². The zero-order valence-corrected chi connectivity index (χ0v) is 11.9. The maximum absolute atomic E-state index is 13.7. The van der Waals surface area contributed by atoms with Crippen molar-refractivity contribution >= 4 is 0 Å². The van der Waals surface area contributed by atoms with Crippen LogP contribution in [0.25, 0.3) is 0 Å². The Bertz CT molecular complexity index is 583. The third-order valence-corrected chi connectivity index (χ3v) is 3.56. The summed E-state index contributed by atoms with van der Waals surface area (Å²) >= 11 is 0. The highest BCUT2D eigenvalue weighted by Gasteiger charge is 2.13. The van der Waals surface area contributed by atoms with Crippen LogP contribution in [-0.2, 0) is 6.54 Å². The topological polar surface area (TPSA) is 35.2 Å². The summed E-state index contributed by atoms with van der Waals surface area (Å²) in [5.74, 6) is 1.32. The van der Waals surface area contributed by atoms with E-state index in [0.717, 1.165) is 17.7 Å². The van der Waals surface area contributed by atoms with Crippen LogP contribution in [0.1, 0.15) is 37.3 Å². The van der Waals surface area contributed by atoms with Crippen molar-refractivity contribution < 1.29 is 9.13 Å². The summed E-state index contributed by atoms with van der Waals surface area (Å²) in [6, 6.07) is 12.6. The Balaban J connectivity index is 2.38. The lowest BCUT2D eigenvalue weighted by Gasteiger charge is -2.17. The molecule has 0 amide bonds. The second-order valence-corrected chi connectivity index (χ2v) is 4.87. The van der Waals surface area contributed by atoms with Gasteiger partial charge in [-0.3, -0.25) is 0 Å². The van der Waals surface area contributed by atoms with Gasteiger partial charge < -0.3 is 10.5 Å². The predicted molar refractivity (Wildman–Crippen MR) is 79.5 cm³/mol. The number of hydrogen-bond donors (Lipinski definition) is 1. The first-order valence-electron chi connectivity index (χ1n) is 6.91. The first-order chi connectivity index (χ1) is 9.67. The molecule has 0 radical (unpaired) electrons. The van der Waals surface area contributed by atoms with Crippen molar-refractivity contribution in [1.82, 2.24) is 0 Å². The predicted octanol–water partition coefficient (Wildman–Crippen LogP) is 4.59. The molecular formula is C17H20FNO. The zero-order valence-electron chi connectivity index (χ0n) is 11.9. The average molecular weight is 273 g/mol. The molecule has 2 aromatic carbocycles. The van der Waals surface area contributed by atoms with Crippen LogP contribution in [0.15, 0.2) is 42.5 Å². The lowest BCUT2D eigenvalue weighted by Crippen LogP contribution is -2.03. The van der Waals surface area contributed by atoms with E-state index in [9.17, 15) is 4.39 Å². The molecule has 0 fully saturated rings. The number of hydrogen-bond acceptors (Lipinski definition) is 2. The highest BCUT2D eigenvalue weighted by Crippen LogP contribution is 2.33. The molecule has 2 aromatic rings. The zero-order chi connectivity index (χ0) is 14.5. The molecule has 2 rings (SSSR count). The molecule has 1 unspecified atom stereocenters. The number of rotatable bonds is 5. The van der Waals surface area contributed by atoms with Crippen molar-refractivity contribution in [2.24, 2.45) is 5.73 Å². The van der Waals surface area contributed by atoms with E-state index in [4.69, 9.17) is 10.5 Å². The van der Waals surface area contributed by atoms with E-state index >= 15 is 0 Å². The van der Waals surface area contributed by atoms with Crippen molar-refractivity contribution in [2.45, 2.75) is 32.7 Å². The van der Waals surface area contributed by atoms with Crippen molar-refractivity contribution in [3.63, 3.8) is 0 Å². The number of ether oxygens (including phenoxy) is 1. The van der Waals surface area contributed by atoms with Crippen LogP contribution in [0.4, 0.5) is 4.39 Å². The molecule has 0 aliphatic carbocycles. The van der Waals surface area contributed by atoms with Crippen molar-refractivity contribution in [3.8, 4) is 11.5 Å². The van der Waals surface area contributed by atoms with Gasteiger partial charge in [0.15, 0.2) is 0 Å². The van der Waals surface area contributed by atoms with Gasteiger partial charge in [0.2, 0.25) is 0 Å². The van der Waals surface area contributed by atoms with Crippen LogP contribution in [0.5, 0.6) is 11.5 Å². The molecular weight excluding hydrogens is 253 g/mol. The molecule has 106 valence electrons. The van der Waals surface area contributed by atoms with E-state index in [1.165, 1.54) is 6.07 Å². The fourth-order valence-electron chi connectivity index (χ4n) is 2.15. The Morgan fingerprint density at radius 3 is 2.50 bits per heavy atom. The molecule has 0 heterocycles. The molecule has 2 nitrogen and oxygen atoms in total. The van der Waals surface area contributed by atoms with Crippen LogP contribution < -0.4 is 10.5 Å². The minimum atomic E-state index is -0.328. The molecule has 2 N–H and O–H groups in total. The number of nitrogens with two attached hydrogens (primary N) is 1. The summed E-state index contributed by atoms with van der Waals surface area (Å²) in [7, 11) is 0. The monoisotopic (exact) mass is 273 g/mol. The van der Waals surface area contributed by atoms with Gasteiger partial charge in [-0.15, -0.1) is 0 Å². The Hall–Kier alpha value is -1.87. The number of benzene rings is 2. The summed E-state index contributed by atoms with van der Waals surface area (Å²) in [6.45, 7) is 4.40. The minimum Gasteiger partial charge on any atom is -0.457 e. The summed E-state index contributed by atoms with van der Waals surface area (Å²) < 4.78 is 19.6. The Morgan fingerprint density at radius 1 is 1.10 bits per heavy atom. The molecule has 20 heavy (non-hydrogen) atoms. The summed E-state index contributed by atoms with van der Waals surface area (Å²) in [5, 5.41) is 0. The second kappa shape index (κ2) is 6.53. The Labute approximate surface area is 119 Å². The first-order valence-corrected chi connectivity index (χ1v) is 6.91. The lowest BCUT2D eigenvalue weighted by molar-refractivity contribution is 0.457. The minimum absolute atomic E-state index is 0.119. The molecule has 1 atom stereocenters. The molecule has 0 bridgehead atoms. The van der Waals surface area contributed by atoms with E-state index in [1.54, 1.807) is 12.1 Å². The quantitative estimate of drug-likeness (QED) is 0.864. The SMILES string of the molecule is CCC(C)c1ccccc1Oc1cccc(F)c1CN. The fourth-order valence-corrected chi connectivity index (χ4v) is 2.15. The van der Waals surface area contributed by atoms with Gasteiger partial charge in [-0.05, 0) is 36.1 Å². The van der Waals surface area contributed by atoms with Gasteiger partial charge in [0, 0.05) is 12.1 Å². The van der Waals surface area contributed by atoms with Crippen LogP contribution in [0.3, 0.4) is 0 Å². The number of para-hydroxylation sites is 1. The van der Waals surface area contributed by atoms with Crippen molar-refractivity contribution in [3.05, 3.63) is 59.4 Å². The van der Waals surface area contributed by atoms with Crippen LogP contribution in [-0.4, -0.2) is 0 Å². The first kappa shape index (κ1) is 14.5. The molecule has 0 aromatic heterocycles. The molecule has 3 heteroatoms. The third-order valence-electron chi connectivity index (χ3n) is 3.56. The smallest absolute Gasteiger partial charge is 0.134 e. The van der Waals surface area contributed by atoms with Crippen LogP contribution >= 0.6 is 0 Å². The molecule has 0 aliphatic heterocycles. The molecule has 0 saturated heterocycles. The second-order valence-electron chi connectivity index (χ2n) is 4.87. The van der Waals surface area contributed by atoms with Gasteiger partial charge in [0.1, 0.15) is 17.3 Å². The summed E-state index contributed by atoms with van der Waals surface area (Å²) in [6.07, 6.45) is 1.02. The highest BCUT2D eigenvalue weighted by molar-refractivity contribution is 5.43. The standard InChI is InChI=1S/C17H20FNO/c1-3-12(2)13-7-4-5-9-16(13)20-17-10-6-8-15(18)14(17)11-19/h4-10,12H,3,11,19H2,1-2H3. The molecule has 0 spiro atoms. The van der Waals surface area contributed by atoms with E-state index in [-0.39, 0.29) is 12.4 Å². The summed E-state index contributed by atoms with van der Waals surface area (Å²) in [5.41, 5.74) is 7.14. The Kier molecular flexibility index (Phi) is 4.74. The van der Waals surface area contributed by atoms with Gasteiger partial charge in [0.05, 0.1) is 0 Å².